The molecule has 1 aromatic heterocycles. The molecule has 34 heavy (non-hydrogen) atoms. The molecule has 0 spiro atoms. The molecule has 0 saturated carbocycles. The second kappa shape index (κ2) is 8.64. The van der Waals surface area contributed by atoms with Gasteiger partial charge in [0, 0.05) is 11.3 Å². The predicted octanol–water partition coefficient (Wildman–Crippen LogP) is 7.06. The maximum atomic E-state index is 13.9. The van der Waals surface area contributed by atoms with Gasteiger partial charge in [0.1, 0.15) is 5.52 Å². The van der Waals surface area contributed by atoms with E-state index in [2.05, 4.69) is 10.3 Å². The lowest BCUT2D eigenvalue weighted by Gasteiger charge is -2.30. The number of anilines is 1. The molecule has 0 aliphatic carbocycles. The molecule has 0 saturated heterocycles. The normalized spacial score (nSPS) is 11.5. The van der Waals surface area contributed by atoms with Gasteiger partial charge in [-0.05, 0) is 67.3 Å². The van der Waals surface area contributed by atoms with Crippen LogP contribution in [0.4, 0.5) is 5.69 Å². The van der Waals surface area contributed by atoms with Gasteiger partial charge < -0.3 is 9.73 Å². The van der Waals surface area contributed by atoms with Gasteiger partial charge in [-0.1, -0.05) is 72.8 Å². The lowest BCUT2D eigenvalue weighted by Crippen LogP contribution is -2.38. The first-order chi connectivity index (χ1) is 16.4. The number of nitrogens with one attached hydrogen (secondary N) is 1. The van der Waals surface area contributed by atoms with Crippen LogP contribution in [0.5, 0.6) is 0 Å². The number of oxazole rings is 1. The van der Waals surface area contributed by atoms with Crippen LogP contribution in [0.3, 0.4) is 0 Å². The molecule has 0 aliphatic rings. The van der Waals surface area contributed by atoms with E-state index < -0.39 is 5.41 Å². The molecular weight excluding hydrogens is 420 g/mol. The van der Waals surface area contributed by atoms with E-state index in [1.54, 1.807) is 0 Å². The summed E-state index contributed by atoms with van der Waals surface area (Å²) in [7, 11) is 0. The summed E-state index contributed by atoms with van der Waals surface area (Å²) in [4.78, 5) is 18.5. The lowest BCUT2D eigenvalue weighted by molar-refractivity contribution is -0.119. The maximum Gasteiger partial charge on any atom is 0.239 e. The van der Waals surface area contributed by atoms with E-state index in [-0.39, 0.29) is 5.91 Å². The molecule has 1 N–H and O–H groups in total. The van der Waals surface area contributed by atoms with Crippen LogP contribution in [-0.4, -0.2) is 10.9 Å². The predicted molar refractivity (Wildman–Crippen MR) is 137 cm³/mol. The van der Waals surface area contributed by atoms with Crippen molar-refractivity contribution in [2.75, 3.05) is 5.32 Å². The molecule has 0 atom stereocenters. The highest BCUT2D eigenvalue weighted by Gasteiger charge is 2.37. The van der Waals surface area contributed by atoms with Crippen molar-refractivity contribution in [3.8, 4) is 11.5 Å². The van der Waals surface area contributed by atoms with Crippen LogP contribution in [-0.2, 0) is 10.2 Å². The average molecular weight is 447 g/mol. The number of carbonyl (C=O) groups is 1. The number of carbonyl (C=O) groups excluding carboxylic acids is 1. The molecule has 0 unspecified atom stereocenters. The number of amides is 1. The van der Waals surface area contributed by atoms with E-state index >= 15 is 0 Å². The Balaban J connectivity index is 1.53. The molecule has 1 heterocycles. The fraction of sp³-hybridized carbons (Fsp3) is 0.133. The van der Waals surface area contributed by atoms with Crippen LogP contribution in [0.15, 0.2) is 101 Å². The molecule has 5 aromatic rings. The zero-order valence-electron chi connectivity index (χ0n) is 19.5. The standard InChI is InChI=1S/C30H26N2O2/c1-20-14-17-25-27(18-20)34-28(31-25)22-16-15-21(2)26(19-22)32-29(33)30(3,23-10-6-4-7-11-23)24-12-8-5-9-13-24/h4-19H,1-3H3,(H,32,33). The van der Waals surface area contributed by atoms with Gasteiger partial charge in [0.25, 0.3) is 0 Å². The summed E-state index contributed by atoms with van der Waals surface area (Å²) in [6, 6.07) is 31.6. The topological polar surface area (TPSA) is 55.1 Å². The summed E-state index contributed by atoms with van der Waals surface area (Å²) in [5, 5.41) is 3.19. The molecule has 0 fully saturated rings. The molecule has 0 radical (unpaired) electrons. The molecule has 4 aromatic carbocycles. The van der Waals surface area contributed by atoms with E-state index in [1.165, 1.54) is 0 Å². The summed E-state index contributed by atoms with van der Waals surface area (Å²) < 4.78 is 6.02. The Morgan fingerprint density at radius 3 is 2.12 bits per heavy atom. The van der Waals surface area contributed by atoms with Gasteiger partial charge in [0.15, 0.2) is 5.58 Å². The van der Waals surface area contributed by atoms with E-state index in [0.717, 1.165) is 44.6 Å². The van der Waals surface area contributed by atoms with Crippen molar-refractivity contribution in [1.29, 1.82) is 0 Å². The number of hydrogen-bond acceptors (Lipinski definition) is 3. The van der Waals surface area contributed by atoms with Crippen molar-refractivity contribution >= 4 is 22.7 Å². The summed E-state index contributed by atoms with van der Waals surface area (Å²) >= 11 is 0. The number of aryl methyl sites for hydroxylation is 2. The Morgan fingerprint density at radius 2 is 1.47 bits per heavy atom. The Kier molecular flexibility index (Phi) is 5.50. The molecule has 0 bridgehead atoms. The maximum absolute atomic E-state index is 13.9. The van der Waals surface area contributed by atoms with Crippen molar-refractivity contribution in [2.24, 2.45) is 0 Å². The highest BCUT2D eigenvalue weighted by Crippen LogP contribution is 2.35. The van der Waals surface area contributed by atoms with Gasteiger partial charge in [0.2, 0.25) is 11.8 Å². The van der Waals surface area contributed by atoms with Crippen LogP contribution in [0.25, 0.3) is 22.6 Å². The monoisotopic (exact) mass is 446 g/mol. The Hall–Kier alpha value is -4.18. The summed E-state index contributed by atoms with van der Waals surface area (Å²) in [6.45, 7) is 5.98. The quantitative estimate of drug-likeness (QED) is 0.314. The molecule has 5 rings (SSSR count). The highest BCUT2D eigenvalue weighted by atomic mass is 16.3. The van der Waals surface area contributed by atoms with Gasteiger partial charge in [0.05, 0.1) is 5.41 Å². The van der Waals surface area contributed by atoms with Gasteiger partial charge in [-0.3, -0.25) is 4.79 Å². The van der Waals surface area contributed by atoms with Gasteiger partial charge in [-0.15, -0.1) is 0 Å². The van der Waals surface area contributed by atoms with Crippen LogP contribution in [0.1, 0.15) is 29.2 Å². The molecular formula is C30H26N2O2. The Morgan fingerprint density at radius 1 is 0.824 bits per heavy atom. The largest absolute Gasteiger partial charge is 0.436 e. The third-order valence-corrected chi connectivity index (χ3v) is 6.43. The van der Waals surface area contributed by atoms with E-state index in [9.17, 15) is 4.79 Å². The number of hydrogen-bond donors (Lipinski definition) is 1. The third kappa shape index (κ3) is 3.88. The number of nitrogens with zero attached hydrogens (tertiary/aromatic N) is 1. The Labute approximate surface area is 199 Å². The smallest absolute Gasteiger partial charge is 0.239 e. The number of benzene rings is 4. The SMILES string of the molecule is Cc1ccc2nc(-c3ccc(C)c(NC(=O)C(C)(c4ccccc4)c4ccccc4)c3)oc2c1. The van der Waals surface area contributed by atoms with Crippen LogP contribution in [0.2, 0.25) is 0 Å². The van der Waals surface area contributed by atoms with Crippen molar-refractivity contribution in [1.82, 2.24) is 4.98 Å². The molecule has 1 amide bonds. The minimum atomic E-state index is -0.861. The van der Waals surface area contributed by atoms with Crippen LogP contribution in [0, 0.1) is 13.8 Å². The number of fused-ring (bicyclic) bond motifs is 1. The second-order valence-electron chi connectivity index (χ2n) is 8.83. The minimum Gasteiger partial charge on any atom is -0.436 e. The van der Waals surface area contributed by atoms with Crippen LogP contribution < -0.4 is 5.32 Å². The summed E-state index contributed by atoms with van der Waals surface area (Å²) in [5.74, 6) is 0.434. The fourth-order valence-corrected chi connectivity index (χ4v) is 4.26. The molecule has 4 heteroatoms. The van der Waals surface area contributed by atoms with Gasteiger partial charge in [-0.25, -0.2) is 4.98 Å². The molecule has 4 nitrogen and oxygen atoms in total. The first-order valence-corrected chi connectivity index (χ1v) is 11.4. The van der Waals surface area contributed by atoms with Crippen molar-refractivity contribution in [3.63, 3.8) is 0 Å². The zero-order chi connectivity index (χ0) is 23.7. The van der Waals surface area contributed by atoms with Crippen molar-refractivity contribution in [3.05, 3.63) is 119 Å². The average Bonchev–Trinajstić information content (AvgIpc) is 3.29. The number of rotatable bonds is 5. The van der Waals surface area contributed by atoms with E-state index in [1.807, 2.05) is 118 Å². The van der Waals surface area contributed by atoms with Crippen LogP contribution >= 0.6 is 0 Å². The molecule has 0 aliphatic heterocycles. The zero-order valence-corrected chi connectivity index (χ0v) is 19.5. The first kappa shape index (κ1) is 21.7. The minimum absolute atomic E-state index is 0.0988. The lowest BCUT2D eigenvalue weighted by atomic mass is 9.75. The van der Waals surface area contributed by atoms with Gasteiger partial charge in [-0.2, -0.15) is 0 Å². The Bertz CT molecular complexity index is 1430. The van der Waals surface area contributed by atoms with Crippen molar-refractivity contribution in [2.45, 2.75) is 26.2 Å². The molecule has 168 valence electrons. The van der Waals surface area contributed by atoms with Crippen molar-refractivity contribution < 1.29 is 9.21 Å². The number of aromatic nitrogens is 1. The highest BCUT2D eigenvalue weighted by molar-refractivity contribution is 6.02. The van der Waals surface area contributed by atoms with E-state index in [0.29, 0.717) is 5.89 Å². The fourth-order valence-electron chi connectivity index (χ4n) is 4.26. The third-order valence-electron chi connectivity index (χ3n) is 6.43. The summed E-state index contributed by atoms with van der Waals surface area (Å²) in [5.41, 5.74) is 6.20. The van der Waals surface area contributed by atoms with Gasteiger partial charge >= 0.3 is 0 Å². The second-order valence-corrected chi connectivity index (χ2v) is 8.83. The van der Waals surface area contributed by atoms with E-state index in [4.69, 9.17) is 4.42 Å². The first-order valence-electron chi connectivity index (χ1n) is 11.4. The summed E-state index contributed by atoms with van der Waals surface area (Å²) in [6.07, 6.45) is 0.